The summed E-state index contributed by atoms with van der Waals surface area (Å²) in [5.74, 6) is 0.575. The van der Waals surface area contributed by atoms with Crippen molar-refractivity contribution in [2.45, 2.75) is 0 Å². The Kier molecular flexibility index (Phi) is 6.09. The zero-order valence-corrected chi connectivity index (χ0v) is 14.9. The molecule has 1 amide bonds. The number of benzene rings is 3. The number of anilines is 1. The third kappa shape index (κ3) is 5.64. The Hall–Kier alpha value is -3.73. The number of ether oxygens (including phenoxy) is 1. The zero-order valence-electron chi connectivity index (χ0n) is 14.9. The summed E-state index contributed by atoms with van der Waals surface area (Å²) in [7, 11) is 1.62. The minimum Gasteiger partial charge on any atom is -0.497 e. The topological polar surface area (TPSA) is 63.0 Å². The lowest BCUT2D eigenvalue weighted by atomic mass is 10.2. The second-order valence-electron chi connectivity index (χ2n) is 5.68. The van der Waals surface area contributed by atoms with Gasteiger partial charge in [0.25, 0.3) is 0 Å². The lowest BCUT2D eigenvalue weighted by Crippen LogP contribution is -2.07. The van der Waals surface area contributed by atoms with Crippen LogP contribution in [0.4, 0.5) is 17.1 Å². The first-order valence-corrected chi connectivity index (χ1v) is 8.43. The Morgan fingerprint density at radius 3 is 2.11 bits per heavy atom. The van der Waals surface area contributed by atoms with Crippen molar-refractivity contribution in [1.29, 1.82) is 0 Å². The van der Waals surface area contributed by atoms with Crippen molar-refractivity contribution in [1.82, 2.24) is 0 Å². The number of carbonyl (C=O) groups excluding carboxylic acids is 1. The number of azo groups is 1. The van der Waals surface area contributed by atoms with Crippen LogP contribution in [0.25, 0.3) is 6.08 Å². The third-order valence-corrected chi connectivity index (χ3v) is 3.71. The molecule has 0 aliphatic carbocycles. The van der Waals surface area contributed by atoms with Gasteiger partial charge < -0.3 is 10.1 Å². The van der Waals surface area contributed by atoms with Crippen molar-refractivity contribution in [2.75, 3.05) is 12.4 Å². The van der Waals surface area contributed by atoms with Gasteiger partial charge in [-0.2, -0.15) is 10.2 Å². The first-order valence-electron chi connectivity index (χ1n) is 8.43. The molecule has 0 radical (unpaired) electrons. The summed E-state index contributed by atoms with van der Waals surface area (Å²) in [6.07, 6.45) is 3.24. The number of nitrogens with zero attached hydrogens (tertiary/aromatic N) is 2. The van der Waals surface area contributed by atoms with Gasteiger partial charge in [0, 0.05) is 11.8 Å². The number of amides is 1. The quantitative estimate of drug-likeness (QED) is 0.450. The predicted molar refractivity (Wildman–Crippen MR) is 108 cm³/mol. The van der Waals surface area contributed by atoms with Crippen molar-refractivity contribution in [2.24, 2.45) is 10.2 Å². The van der Waals surface area contributed by atoms with E-state index >= 15 is 0 Å². The fraction of sp³-hybridized carbons (Fsp3) is 0.0455. The Morgan fingerprint density at radius 2 is 1.48 bits per heavy atom. The number of rotatable bonds is 6. The van der Waals surface area contributed by atoms with E-state index in [1.54, 1.807) is 37.5 Å². The second kappa shape index (κ2) is 9.10. The van der Waals surface area contributed by atoms with E-state index in [9.17, 15) is 4.79 Å². The summed E-state index contributed by atoms with van der Waals surface area (Å²) < 4.78 is 5.11. The summed E-state index contributed by atoms with van der Waals surface area (Å²) in [4.78, 5) is 12.0. The molecule has 0 aromatic heterocycles. The molecule has 0 unspecified atom stereocenters. The molecule has 0 fully saturated rings. The average molecular weight is 357 g/mol. The molecule has 0 saturated heterocycles. The summed E-state index contributed by atoms with van der Waals surface area (Å²) in [6.45, 7) is 0. The van der Waals surface area contributed by atoms with Crippen LogP contribution in [0, 0.1) is 0 Å². The predicted octanol–water partition coefficient (Wildman–Crippen LogP) is 5.76. The Morgan fingerprint density at radius 1 is 0.852 bits per heavy atom. The van der Waals surface area contributed by atoms with Gasteiger partial charge in [-0.3, -0.25) is 4.79 Å². The molecule has 0 aliphatic heterocycles. The highest BCUT2D eigenvalue weighted by Crippen LogP contribution is 2.20. The highest BCUT2D eigenvalue weighted by Gasteiger charge is 1.99. The van der Waals surface area contributed by atoms with Crippen molar-refractivity contribution in [3.05, 3.63) is 90.5 Å². The summed E-state index contributed by atoms with van der Waals surface area (Å²) in [6, 6.07) is 24.2. The van der Waals surface area contributed by atoms with E-state index in [1.165, 1.54) is 6.08 Å². The molecule has 27 heavy (non-hydrogen) atoms. The lowest BCUT2D eigenvalue weighted by Gasteiger charge is -2.02. The van der Waals surface area contributed by atoms with Gasteiger partial charge in [0.2, 0.25) is 5.91 Å². The summed E-state index contributed by atoms with van der Waals surface area (Å²) in [5, 5.41) is 11.1. The SMILES string of the molecule is COc1ccc(C=CC(=O)Nc2ccc(N=Nc3ccccc3)cc2)cc1. The van der Waals surface area contributed by atoms with Gasteiger partial charge in [0.15, 0.2) is 0 Å². The fourth-order valence-corrected chi connectivity index (χ4v) is 2.29. The Labute approximate surface area is 158 Å². The van der Waals surface area contributed by atoms with Gasteiger partial charge in [-0.1, -0.05) is 30.3 Å². The van der Waals surface area contributed by atoms with E-state index in [2.05, 4.69) is 15.5 Å². The van der Waals surface area contributed by atoms with E-state index in [-0.39, 0.29) is 5.91 Å². The maximum absolute atomic E-state index is 12.0. The van der Waals surface area contributed by atoms with E-state index in [1.807, 2.05) is 54.6 Å². The molecule has 0 bridgehead atoms. The molecular formula is C22H19N3O2. The van der Waals surface area contributed by atoms with E-state index in [4.69, 9.17) is 4.74 Å². The molecule has 0 spiro atoms. The minimum atomic E-state index is -0.204. The van der Waals surface area contributed by atoms with Gasteiger partial charge in [-0.05, 0) is 60.2 Å². The van der Waals surface area contributed by atoms with E-state index < -0.39 is 0 Å². The van der Waals surface area contributed by atoms with E-state index in [0.717, 1.165) is 17.0 Å². The van der Waals surface area contributed by atoms with Gasteiger partial charge in [0.1, 0.15) is 5.75 Å². The van der Waals surface area contributed by atoms with Crippen LogP contribution in [0.15, 0.2) is 95.2 Å². The lowest BCUT2D eigenvalue weighted by molar-refractivity contribution is -0.111. The van der Waals surface area contributed by atoms with Crippen molar-refractivity contribution in [3.63, 3.8) is 0 Å². The highest BCUT2D eigenvalue weighted by molar-refractivity contribution is 6.01. The van der Waals surface area contributed by atoms with Gasteiger partial charge in [-0.25, -0.2) is 0 Å². The van der Waals surface area contributed by atoms with Crippen LogP contribution in [0.5, 0.6) is 5.75 Å². The Bertz CT molecular complexity index is 932. The van der Waals surface area contributed by atoms with Crippen molar-refractivity contribution in [3.8, 4) is 5.75 Å². The smallest absolute Gasteiger partial charge is 0.248 e. The molecule has 134 valence electrons. The molecule has 5 nitrogen and oxygen atoms in total. The van der Waals surface area contributed by atoms with Crippen LogP contribution in [0.1, 0.15) is 5.56 Å². The largest absolute Gasteiger partial charge is 0.497 e. The molecule has 0 atom stereocenters. The van der Waals surface area contributed by atoms with Crippen LogP contribution < -0.4 is 10.1 Å². The molecule has 0 saturated carbocycles. The number of hydrogen-bond donors (Lipinski definition) is 1. The standard InChI is InChI=1S/C22H19N3O2/c1-27-21-14-7-17(8-15-21)9-16-22(26)23-18-10-12-20(13-11-18)25-24-19-5-3-2-4-6-19/h2-16H,1H3,(H,23,26). The molecule has 0 aliphatic rings. The van der Waals surface area contributed by atoms with Gasteiger partial charge in [-0.15, -0.1) is 0 Å². The van der Waals surface area contributed by atoms with Crippen LogP contribution in [0.3, 0.4) is 0 Å². The second-order valence-corrected chi connectivity index (χ2v) is 5.68. The number of hydrogen-bond acceptors (Lipinski definition) is 4. The van der Waals surface area contributed by atoms with Crippen molar-refractivity contribution < 1.29 is 9.53 Å². The Balaban J connectivity index is 1.56. The monoisotopic (exact) mass is 357 g/mol. The first-order chi connectivity index (χ1) is 13.2. The summed E-state index contributed by atoms with van der Waals surface area (Å²) in [5.41, 5.74) is 3.12. The molecule has 0 heterocycles. The highest BCUT2D eigenvalue weighted by atomic mass is 16.5. The van der Waals surface area contributed by atoms with Crippen LogP contribution in [-0.2, 0) is 4.79 Å². The molecule has 3 rings (SSSR count). The van der Waals surface area contributed by atoms with Crippen LogP contribution in [0.2, 0.25) is 0 Å². The molecule has 1 N–H and O–H groups in total. The molecule has 5 heteroatoms. The molecular weight excluding hydrogens is 338 g/mol. The fourth-order valence-electron chi connectivity index (χ4n) is 2.29. The molecule has 3 aromatic rings. The number of carbonyl (C=O) groups is 1. The van der Waals surface area contributed by atoms with Crippen molar-refractivity contribution >= 4 is 29.0 Å². The van der Waals surface area contributed by atoms with Crippen LogP contribution in [-0.4, -0.2) is 13.0 Å². The van der Waals surface area contributed by atoms with Crippen LogP contribution >= 0.6 is 0 Å². The minimum absolute atomic E-state index is 0.204. The maximum atomic E-state index is 12.0. The third-order valence-electron chi connectivity index (χ3n) is 3.71. The first kappa shape index (κ1) is 18.1. The zero-order chi connectivity index (χ0) is 18.9. The maximum Gasteiger partial charge on any atom is 0.248 e. The van der Waals surface area contributed by atoms with Gasteiger partial charge in [0.05, 0.1) is 18.5 Å². The average Bonchev–Trinajstić information content (AvgIpc) is 2.73. The van der Waals surface area contributed by atoms with E-state index in [0.29, 0.717) is 11.4 Å². The molecule has 3 aromatic carbocycles. The summed E-state index contributed by atoms with van der Waals surface area (Å²) >= 11 is 0. The number of methoxy groups -OCH3 is 1. The normalized spacial score (nSPS) is 11.0. The van der Waals surface area contributed by atoms with Gasteiger partial charge >= 0.3 is 0 Å². The number of nitrogens with one attached hydrogen (secondary N) is 1.